The van der Waals surface area contributed by atoms with E-state index in [4.69, 9.17) is 11.6 Å². The minimum atomic E-state index is 0.792. The molecule has 0 aliphatic heterocycles. The first-order chi connectivity index (χ1) is 10.7. The molecule has 118 valence electrons. The molecule has 0 spiro atoms. The highest BCUT2D eigenvalue weighted by Crippen LogP contribution is 2.23. The molecule has 0 aliphatic carbocycles. The number of nitrogens with one attached hydrogen (secondary N) is 1. The molecule has 1 N–H and O–H groups in total. The molecule has 0 atom stereocenters. The lowest BCUT2D eigenvalue weighted by molar-refractivity contribution is 0.316. The number of likely N-dealkylation sites (N-methyl/N-ethyl adjacent to an activating group) is 1. The van der Waals surface area contributed by atoms with Gasteiger partial charge in [-0.2, -0.15) is 0 Å². The number of halogens is 1. The highest BCUT2D eigenvalue weighted by atomic mass is 35.5. The highest BCUT2D eigenvalue weighted by molar-refractivity contribution is 6.30. The lowest BCUT2D eigenvalue weighted by atomic mass is 10.0. The maximum absolute atomic E-state index is 6.18. The van der Waals surface area contributed by atoms with Gasteiger partial charge in [0, 0.05) is 23.8 Å². The first kappa shape index (κ1) is 16.9. The Morgan fingerprint density at radius 2 is 1.73 bits per heavy atom. The summed E-state index contributed by atoms with van der Waals surface area (Å²) in [6.45, 7) is 8.59. The minimum Gasteiger partial charge on any atom is -0.384 e. The molecular formula is C19H25ClN2. The van der Waals surface area contributed by atoms with Crippen LogP contribution in [0.3, 0.4) is 0 Å². The Kier molecular flexibility index (Phi) is 6.75. The van der Waals surface area contributed by atoms with E-state index in [9.17, 15) is 0 Å². The summed E-state index contributed by atoms with van der Waals surface area (Å²) in [5.74, 6) is 0. The highest BCUT2D eigenvalue weighted by Gasteiger charge is 2.05. The molecular weight excluding hydrogens is 292 g/mol. The third kappa shape index (κ3) is 5.04. The molecule has 0 bridgehead atoms. The predicted octanol–water partition coefficient (Wildman–Crippen LogP) is 4.68. The van der Waals surface area contributed by atoms with E-state index in [0.29, 0.717) is 0 Å². The van der Waals surface area contributed by atoms with Gasteiger partial charge in [-0.15, -0.1) is 0 Å². The molecule has 0 saturated carbocycles. The zero-order valence-corrected chi connectivity index (χ0v) is 14.2. The maximum Gasteiger partial charge on any atom is 0.0410 e. The smallest absolute Gasteiger partial charge is 0.0410 e. The van der Waals surface area contributed by atoms with Gasteiger partial charge in [-0.05, 0) is 48.8 Å². The third-order valence-corrected chi connectivity index (χ3v) is 4.18. The second kappa shape index (κ2) is 8.82. The van der Waals surface area contributed by atoms with Crippen molar-refractivity contribution in [3.63, 3.8) is 0 Å². The Hall–Kier alpha value is -1.51. The molecule has 0 radical (unpaired) electrons. The van der Waals surface area contributed by atoms with E-state index in [1.165, 1.54) is 16.8 Å². The molecule has 0 fully saturated rings. The van der Waals surface area contributed by atoms with Gasteiger partial charge in [-0.3, -0.25) is 0 Å². The van der Waals surface area contributed by atoms with Crippen molar-refractivity contribution in [1.82, 2.24) is 4.90 Å². The quantitative estimate of drug-likeness (QED) is 0.760. The van der Waals surface area contributed by atoms with Crippen molar-refractivity contribution in [3.05, 3.63) is 64.7 Å². The second-order valence-electron chi connectivity index (χ2n) is 5.42. The van der Waals surface area contributed by atoms with Crippen LogP contribution in [0.5, 0.6) is 0 Å². The van der Waals surface area contributed by atoms with Crippen LogP contribution < -0.4 is 5.32 Å². The fourth-order valence-corrected chi connectivity index (χ4v) is 2.78. The van der Waals surface area contributed by atoms with E-state index >= 15 is 0 Å². The first-order valence-corrected chi connectivity index (χ1v) is 8.39. The van der Waals surface area contributed by atoms with Crippen LogP contribution in [0.2, 0.25) is 5.02 Å². The fraction of sp³-hybridized carbons (Fsp3) is 0.368. The van der Waals surface area contributed by atoms with Crippen molar-refractivity contribution in [2.24, 2.45) is 0 Å². The SMILES string of the molecule is CCN(CC)CCNc1ccc(Cl)cc1Cc1ccccc1. The average Bonchev–Trinajstić information content (AvgIpc) is 2.54. The predicted molar refractivity (Wildman–Crippen MR) is 97.0 cm³/mol. The Labute approximate surface area is 139 Å². The van der Waals surface area contributed by atoms with E-state index in [-0.39, 0.29) is 0 Å². The number of nitrogens with zero attached hydrogens (tertiary/aromatic N) is 1. The first-order valence-electron chi connectivity index (χ1n) is 8.01. The standard InChI is InChI=1S/C19H25ClN2/c1-3-22(4-2)13-12-21-19-11-10-18(20)15-17(19)14-16-8-6-5-7-9-16/h5-11,15,21H,3-4,12-14H2,1-2H3. The molecule has 0 aliphatic rings. The molecule has 0 aromatic heterocycles. The maximum atomic E-state index is 6.18. The van der Waals surface area contributed by atoms with Crippen molar-refractivity contribution in [3.8, 4) is 0 Å². The topological polar surface area (TPSA) is 15.3 Å². The van der Waals surface area contributed by atoms with Gasteiger partial charge >= 0.3 is 0 Å². The van der Waals surface area contributed by atoms with Gasteiger partial charge in [0.15, 0.2) is 0 Å². The van der Waals surface area contributed by atoms with Gasteiger partial charge in [0.05, 0.1) is 0 Å². The van der Waals surface area contributed by atoms with Crippen molar-refractivity contribution in [2.45, 2.75) is 20.3 Å². The number of anilines is 1. The lowest BCUT2D eigenvalue weighted by Gasteiger charge is -2.19. The van der Waals surface area contributed by atoms with Crippen LogP contribution in [0.25, 0.3) is 0 Å². The van der Waals surface area contributed by atoms with Gasteiger partial charge in [0.1, 0.15) is 0 Å². The van der Waals surface area contributed by atoms with Crippen LogP contribution in [-0.4, -0.2) is 31.1 Å². The van der Waals surface area contributed by atoms with Crippen LogP contribution in [0.1, 0.15) is 25.0 Å². The van der Waals surface area contributed by atoms with Crippen molar-refractivity contribution in [2.75, 3.05) is 31.5 Å². The third-order valence-electron chi connectivity index (χ3n) is 3.94. The normalized spacial score (nSPS) is 10.9. The number of hydrogen-bond donors (Lipinski definition) is 1. The van der Waals surface area contributed by atoms with Crippen LogP contribution in [0, 0.1) is 0 Å². The molecule has 2 rings (SSSR count). The monoisotopic (exact) mass is 316 g/mol. The van der Waals surface area contributed by atoms with Crippen LogP contribution >= 0.6 is 11.6 Å². The van der Waals surface area contributed by atoms with Crippen LogP contribution in [0.15, 0.2) is 48.5 Å². The zero-order valence-electron chi connectivity index (χ0n) is 13.5. The molecule has 3 heteroatoms. The van der Waals surface area contributed by atoms with Crippen molar-refractivity contribution < 1.29 is 0 Å². The number of rotatable bonds is 8. The largest absolute Gasteiger partial charge is 0.384 e. The second-order valence-corrected chi connectivity index (χ2v) is 5.85. The lowest BCUT2D eigenvalue weighted by Crippen LogP contribution is -2.28. The summed E-state index contributed by atoms with van der Waals surface area (Å²) in [5.41, 5.74) is 3.73. The Morgan fingerprint density at radius 1 is 1.00 bits per heavy atom. The Morgan fingerprint density at radius 3 is 2.41 bits per heavy atom. The summed E-state index contributed by atoms with van der Waals surface area (Å²) < 4.78 is 0. The van der Waals surface area contributed by atoms with Crippen molar-refractivity contribution in [1.29, 1.82) is 0 Å². The van der Waals surface area contributed by atoms with E-state index in [1.807, 2.05) is 12.1 Å². The molecule has 22 heavy (non-hydrogen) atoms. The summed E-state index contributed by atoms with van der Waals surface area (Å²) in [4.78, 5) is 2.42. The minimum absolute atomic E-state index is 0.792. The molecule has 2 aromatic carbocycles. The molecule has 0 unspecified atom stereocenters. The van der Waals surface area contributed by atoms with Gasteiger partial charge in [-0.25, -0.2) is 0 Å². The zero-order chi connectivity index (χ0) is 15.8. The van der Waals surface area contributed by atoms with Gasteiger partial charge in [0.2, 0.25) is 0 Å². The summed E-state index contributed by atoms with van der Waals surface area (Å²) in [5, 5.41) is 4.35. The number of hydrogen-bond acceptors (Lipinski definition) is 2. The molecule has 0 heterocycles. The van der Waals surface area contributed by atoms with E-state index in [2.05, 4.69) is 60.5 Å². The molecule has 2 nitrogen and oxygen atoms in total. The summed E-state index contributed by atoms with van der Waals surface area (Å²) >= 11 is 6.18. The van der Waals surface area contributed by atoms with Crippen LogP contribution in [-0.2, 0) is 6.42 Å². The molecule has 0 amide bonds. The van der Waals surface area contributed by atoms with Gasteiger partial charge in [-0.1, -0.05) is 55.8 Å². The molecule has 2 aromatic rings. The van der Waals surface area contributed by atoms with Gasteiger partial charge < -0.3 is 10.2 Å². The Balaban J connectivity index is 2.04. The Bertz CT molecular complexity index is 565. The van der Waals surface area contributed by atoms with Crippen LogP contribution in [0.4, 0.5) is 5.69 Å². The number of benzene rings is 2. The summed E-state index contributed by atoms with van der Waals surface area (Å²) in [6.07, 6.45) is 0.898. The van der Waals surface area contributed by atoms with Crippen molar-refractivity contribution >= 4 is 17.3 Å². The van der Waals surface area contributed by atoms with E-state index in [1.54, 1.807) is 0 Å². The average molecular weight is 317 g/mol. The van der Waals surface area contributed by atoms with E-state index in [0.717, 1.165) is 37.6 Å². The van der Waals surface area contributed by atoms with Gasteiger partial charge in [0.25, 0.3) is 0 Å². The summed E-state index contributed by atoms with van der Waals surface area (Å²) in [6, 6.07) is 16.6. The molecule has 0 saturated heterocycles. The van der Waals surface area contributed by atoms with E-state index < -0.39 is 0 Å². The fourth-order valence-electron chi connectivity index (χ4n) is 2.59. The summed E-state index contributed by atoms with van der Waals surface area (Å²) in [7, 11) is 0.